The summed E-state index contributed by atoms with van der Waals surface area (Å²) in [7, 11) is 0. The van der Waals surface area contributed by atoms with E-state index < -0.39 is 11.7 Å². The monoisotopic (exact) mass is 270 g/mol. The van der Waals surface area contributed by atoms with E-state index in [0.29, 0.717) is 26.2 Å². The Hall–Kier alpha value is -0.730. The van der Waals surface area contributed by atoms with E-state index >= 15 is 0 Å². The van der Waals surface area contributed by atoms with Gasteiger partial charge in [-0.3, -0.25) is 0 Å². The number of nitrogens with zero attached hydrogens (tertiary/aromatic N) is 4. The van der Waals surface area contributed by atoms with Crippen LogP contribution < -0.4 is 29.6 Å². The van der Waals surface area contributed by atoms with Crippen molar-refractivity contribution in [1.82, 2.24) is 9.91 Å². The van der Waals surface area contributed by atoms with Crippen molar-refractivity contribution in [2.45, 2.75) is 26.4 Å². The van der Waals surface area contributed by atoms with Crippen LogP contribution in [0.2, 0.25) is 0 Å². The first-order valence-electron chi connectivity index (χ1n) is 5.38. The largest absolute Gasteiger partial charge is 1.00 e. The first kappa shape index (κ1) is 17.3. The molecular formula is C9H19N4NaO4. The zero-order valence-corrected chi connectivity index (χ0v) is 13.3. The second-order valence-electron chi connectivity index (χ2n) is 4.76. The van der Waals surface area contributed by atoms with E-state index in [1.165, 1.54) is 9.91 Å². The fourth-order valence-corrected chi connectivity index (χ4v) is 1.43. The van der Waals surface area contributed by atoms with Gasteiger partial charge in [0.1, 0.15) is 5.60 Å². The van der Waals surface area contributed by atoms with Crippen molar-refractivity contribution < 1.29 is 50.7 Å². The molecule has 0 radical (unpaired) electrons. The SMILES string of the molecule is CC(C)(C)OC(=O)N1CCN([N+]([O-])=NO)CC1.[H-].[Na+]. The van der Waals surface area contributed by atoms with E-state index in [2.05, 4.69) is 5.28 Å². The van der Waals surface area contributed by atoms with Crippen LogP contribution in [0.25, 0.3) is 0 Å². The molecule has 0 aromatic carbocycles. The Kier molecular flexibility index (Phi) is 6.72. The molecule has 100 valence electrons. The molecule has 1 fully saturated rings. The topological polar surface area (TPSA) is 91.4 Å². The molecule has 1 heterocycles. The van der Waals surface area contributed by atoms with Gasteiger partial charge in [0.25, 0.3) is 0 Å². The van der Waals surface area contributed by atoms with Gasteiger partial charge in [0.2, 0.25) is 5.28 Å². The zero-order valence-electron chi connectivity index (χ0n) is 12.3. The minimum atomic E-state index is -0.529. The standard InChI is InChI=1S/C9H18N4O4.Na.H/c1-9(2,3)17-8(14)11-4-6-12(7-5-11)13(16)10-15;;/h15H,4-7H2,1-3H3;;/q;+1;-1. The summed E-state index contributed by atoms with van der Waals surface area (Å²) in [4.78, 5) is 13.3. The van der Waals surface area contributed by atoms with Gasteiger partial charge in [-0.25, -0.2) is 4.79 Å². The first-order valence-corrected chi connectivity index (χ1v) is 5.38. The molecule has 1 amide bonds. The number of carbonyl (C=O) groups is 1. The van der Waals surface area contributed by atoms with Crippen LogP contribution in [-0.2, 0) is 4.74 Å². The van der Waals surface area contributed by atoms with Gasteiger partial charge >= 0.3 is 35.7 Å². The van der Waals surface area contributed by atoms with Gasteiger partial charge in [-0.05, 0) is 20.8 Å². The summed E-state index contributed by atoms with van der Waals surface area (Å²) >= 11 is 0. The Morgan fingerprint density at radius 2 is 1.89 bits per heavy atom. The molecule has 18 heavy (non-hydrogen) atoms. The summed E-state index contributed by atoms with van der Waals surface area (Å²) in [5.41, 5.74) is -0.529. The van der Waals surface area contributed by atoms with Crippen molar-refractivity contribution in [3.8, 4) is 0 Å². The van der Waals surface area contributed by atoms with E-state index in [0.717, 1.165) is 0 Å². The smallest absolute Gasteiger partial charge is 1.00 e. The van der Waals surface area contributed by atoms with E-state index in [1.807, 2.05) is 0 Å². The first-order chi connectivity index (χ1) is 7.83. The molecule has 0 aromatic heterocycles. The minimum absolute atomic E-state index is 0. The molecule has 1 saturated heterocycles. The molecule has 1 N–H and O–H groups in total. The van der Waals surface area contributed by atoms with Crippen LogP contribution in [0.3, 0.4) is 0 Å². The predicted molar refractivity (Wildman–Crippen MR) is 58.3 cm³/mol. The third kappa shape index (κ3) is 5.28. The van der Waals surface area contributed by atoms with Crippen LogP contribution in [0.15, 0.2) is 5.28 Å². The van der Waals surface area contributed by atoms with E-state index in [9.17, 15) is 10.0 Å². The summed E-state index contributed by atoms with van der Waals surface area (Å²) in [6, 6.07) is 0. The number of amides is 1. The molecular weight excluding hydrogens is 251 g/mol. The van der Waals surface area contributed by atoms with Crippen LogP contribution in [0.4, 0.5) is 4.79 Å². The van der Waals surface area contributed by atoms with Crippen molar-refractivity contribution >= 4 is 6.09 Å². The zero-order chi connectivity index (χ0) is 13.1. The number of piperazine rings is 1. The summed E-state index contributed by atoms with van der Waals surface area (Å²) in [5, 5.41) is 23.1. The number of hydrogen-bond donors (Lipinski definition) is 1. The molecule has 0 aliphatic carbocycles. The van der Waals surface area contributed by atoms with Gasteiger partial charge in [-0.2, -0.15) is 0 Å². The van der Waals surface area contributed by atoms with Crippen LogP contribution in [0.1, 0.15) is 22.2 Å². The van der Waals surface area contributed by atoms with Gasteiger partial charge in [0.05, 0.1) is 18.1 Å². The third-order valence-electron chi connectivity index (χ3n) is 2.23. The van der Waals surface area contributed by atoms with Crippen molar-refractivity contribution in [3.63, 3.8) is 0 Å². The number of hydrogen-bond acceptors (Lipinski definition) is 4. The molecule has 0 bridgehead atoms. The van der Waals surface area contributed by atoms with Gasteiger partial charge in [0.15, 0.2) is 0 Å². The fourth-order valence-electron chi connectivity index (χ4n) is 1.43. The minimum Gasteiger partial charge on any atom is -1.00 e. The maximum atomic E-state index is 11.7. The molecule has 0 aromatic rings. The average molecular weight is 270 g/mol. The van der Waals surface area contributed by atoms with Crippen LogP contribution in [0.5, 0.6) is 0 Å². The second-order valence-corrected chi connectivity index (χ2v) is 4.76. The van der Waals surface area contributed by atoms with Crippen molar-refractivity contribution in [2.75, 3.05) is 26.2 Å². The Labute approximate surface area is 129 Å². The van der Waals surface area contributed by atoms with Crippen LogP contribution in [0, 0.1) is 5.21 Å². The fraction of sp³-hybridized carbons (Fsp3) is 0.889. The van der Waals surface area contributed by atoms with E-state index in [-0.39, 0.29) is 36.0 Å². The molecule has 0 spiro atoms. The third-order valence-corrected chi connectivity index (χ3v) is 2.23. The maximum Gasteiger partial charge on any atom is 1.00 e. The molecule has 0 saturated carbocycles. The van der Waals surface area contributed by atoms with Crippen LogP contribution >= 0.6 is 0 Å². The van der Waals surface area contributed by atoms with Gasteiger partial charge < -0.3 is 21.5 Å². The van der Waals surface area contributed by atoms with Crippen LogP contribution in [-0.4, -0.2) is 58.0 Å². The normalized spacial score (nSPS) is 17.2. The quantitative estimate of drug-likeness (QED) is 0.256. The molecule has 0 atom stereocenters. The predicted octanol–water partition coefficient (Wildman–Crippen LogP) is -2.08. The second kappa shape index (κ2) is 7.01. The number of rotatable bonds is 1. The maximum absolute atomic E-state index is 11.7. The van der Waals surface area contributed by atoms with Crippen molar-refractivity contribution in [2.24, 2.45) is 5.28 Å². The van der Waals surface area contributed by atoms with Crippen molar-refractivity contribution in [1.29, 1.82) is 0 Å². The van der Waals surface area contributed by atoms with E-state index in [4.69, 9.17) is 9.94 Å². The molecule has 8 nitrogen and oxygen atoms in total. The summed E-state index contributed by atoms with van der Waals surface area (Å²) < 4.78 is 5.20. The number of hydrazine groups is 1. The Morgan fingerprint density at radius 1 is 1.39 bits per heavy atom. The number of ether oxygens (including phenoxy) is 1. The Bertz CT molecular complexity index is 316. The van der Waals surface area contributed by atoms with E-state index in [1.54, 1.807) is 20.8 Å². The van der Waals surface area contributed by atoms with Gasteiger partial charge in [0, 0.05) is 13.1 Å². The van der Waals surface area contributed by atoms with Crippen molar-refractivity contribution in [3.05, 3.63) is 5.21 Å². The van der Waals surface area contributed by atoms with Gasteiger partial charge in [-0.15, -0.1) is 5.01 Å². The summed E-state index contributed by atoms with van der Waals surface area (Å²) in [5.74, 6) is 0. The number of carbonyl (C=O) groups excluding carboxylic acids is 1. The summed E-state index contributed by atoms with van der Waals surface area (Å²) in [6.07, 6.45) is -0.393. The average Bonchev–Trinajstić information content (AvgIpc) is 2.26. The van der Waals surface area contributed by atoms with Gasteiger partial charge in [-0.1, -0.05) is 0 Å². The Balaban J connectivity index is 0. The molecule has 1 aliphatic rings. The molecule has 1 aliphatic heterocycles. The molecule has 1 rings (SSSR count). The molecule has 9 heteroatoms. The Morgan fingerprint density at radius 3 is 2.28 bits per heavy atom. The molecule has 0 unspecified atom stereocenters. The summed E-state index contributed by atoms with van der Waals surface area (Å²) in [6.45, 7) is 6.74.